The average Bonchev–Trinajstić information content (AvgIpc) is 1.53. The number of rotatable bonds is 2. The van der Waals surface area contributed by atoms with E-state index < -0.39 is 13.4 Å². The van der Waals surface area contributed by atoms with Gasteiger partial charge < -0.3 is 9.30 Å². The van der Waals surface area contributed by atoms with Crippen LogP contribution in [0.4, 0.5) is 0 Å². The van der Waals surface area contributed by atoms with Gasteiger partial charge in [-0.25, -0.2) is 0 Å². The van der Waals surface area contributed by atoms with Crippen LogP contribution in [0.5, 0.6) is 0 Å². The molecule has 0 saturated carbocycles. The van der Waals surface area contributed by atoms with Gasteiger partial charge in [-0.3, -0.25) is 4.79 Å². The summed E-state index contributed by atoms with van der Waals surface area (Å²) in [6.07, 6.45) is 0.0575. The largest absolute Gasteiger partial charge is 0.460 e. The van der Waals surface area contributed by atoms with Crippen molar-refractivity contribution in [2.24, 2.45) is 0 Å². The lowest BCUT2D eigenvalue weighted by Crippen LogP contribution is -2.24. The molecule has 0 bridgehead atoms. The molecule has 0 fully saturated rings. The molecule has 11 heavy (non-hydrogen) atoms. The van der Waals surface area contributed by atoms with Crippen LogP contribution in [0.25, 0.3) is 0 Å². The fourth-order valence-electron chi connectivity index (χ4n) is 0.581. The van der Waals surface area contributed by atoms with Crippen LogP contribution in [0, 0.1) is 0 Å². The molecule has 0 spiro atoms. The highest BCUT2D eigenvalue weighted by Gasteiger charge is 2.16. The van der Waals surface area contributed by atoms with Gasteiger partial charge in [-0.05, 0) is 27.4 Å². The highest BCUT2D eigenvalue weighted by Crippen LogP contribution is 2.15. The van der Waals surface area contributed by atoms with Crippen LogP contribution in [-0.2, 0) is 14.1 Å². The molecule has 4 heteroatoms. The zero-order valence-corrected chi connectivity index (χ0v) is 8.43. The van der Waals surface area contributed by atoms with E-state index in [0.29, 0.717) is 0 Å². The first kappa shape index (κ1) is 10.7. The summed E-state index contributed by atoms with van der Waals surface area (Å²) in [5.41, 5.74) is -0.464. The number of ether oxygens (including phenoxy) is 1. The summed E-state index contributed by atoms with van der Waals surface area (Å²) in [5, 5.41) is 0. The molecule has 0 aliphatic rings. The quantitative estimate of drug-likeness (QED) is 0.475. The Balaban J connectivity index is 3.80. The lowest BCUT2D eigenvalue weighted by Gasteiger charge is -2.18. The van der Waals surface area contributed by atoms with Crippen molar-refractivity contribution in [3.63, 3.8) is 0 Å². The van der Waals surface area contributed by atoms with Crippen LogP contribution < -0.4 is 0 Å². The maximum absolute atomic E-state index is 10.9. The first-order chi connectivity index (χ1) is 4.81. The van der Waals surface area contributed by atoms with E-state index in [2.05, 4.69) is 0 Å². The molecule has 0 N–H and O–H groups in total. The van der Waals surface area contributed by atoms with Crippen LogP contribution in [0.2, 0.25) is 0 Å². The molecule has 0 aromatic heterocycles. The van der Waals surface area contributed by atoms with E-state index in [1.165, 1.54) is 0 Å². The van der Waals surface area contributed by atoms with E-state index in [4.69, 9.17) is 4.74 Å². The Morgan fingerprint density at radius 1 is 1.45 bits per heavy atom. The first-order valence-corrected chi connectivity index (χ1v) is 5.64. The maximum atomic E-state index is 10.9. The minimum atomic E-state index is -1.73. The fraction of sp³-hybridized carbons (Fsp3) is 0.857. The van der Waals surface area contributed by atoms with Gasteiger partial charge in [0.25, 0.3) is 0 Å². The van der Waals surface area contributed by atoms with E-state index in [-0.39, 0.29) is 12.1 Å². The van der Waals surface area contributed by atoms with Crippen molar-refractivity contribution in [1.82, 2.24) is 0 Å². The summed E-state index contributed by atoms with van der Waals surface area (Å²) in [4.78, 5) is 10.9. The fourth-order valence-corrected chi connectivity index (χ4v) is 1.06. The van der Waals surface area contributed by atoms with Crippen LogP contribution in [-0.4, -0.2) is 24.4 Å². The van der Waals surface area contributed by atoms with Gasteiger partial charge in [-0.1, -0.05) is 0 Å². The highest BCUT2D eigenvalue weighted by molar-refractivity contribution is 7.44. The molecular weight excluding hydrogens is 163 g/mol. The van der Waals surface area contributed by atoms with Gasteiger partial charge in [0.2, 0.25) is 0 Å². The van der Waals surface area contributed by atoms with Crippen molar-refractivity contribution < 1.29 is 14.1 Å². The molecular formula is C7H15O3P. The number of carbonyl (C=O) groups excluding carboxylic acids is 1. The average molecular weight is 178 g/mol. The van der Waals surface area contributed by atoms with E-state index in [0.717, 1.165) is 0 Å². The Bertz CT molecular complexity index is 169. The van der Waals surface area contributed by atoms with E-state index in [9.17, 15) is 9.36 Å². The summed E-state index contributed by atoms with van der Waals surface area (Å²) in [6, 6.07) is 0. The van der Waals surface area contributed by atoms with Crippen molar-refractivity contribution in [2.75, 3.05) is 12.8 Å². The zero-order chi connectivity index (χ0) is 9.07. The Labute approximate surface area is 67.9 Å². The lowest BCUT2D eigenvalue weighted by atomic mass is 10.2. The van der Waals surface area contributed by atoms with Gasteiger partial charge in [-0.15, -0.1) is 0 Å². The van der Waals surface area contributed by atoms with E-state index in [1.807, 2.05) is 0 Å². The molecule has 66 valence electrons. The number of hydrogen-bond acceptors (Lipinski definition) is 3. The Morgan fingerprint density at radius 2 is 1.91 bits per heavy atom. The van der Waals surface area contributed by atoms with Crippen molar-refractivity contribution >= 4 is 13.8 Å². The van der Waals surface area contributed by atoms with Crippen LogP contribution in [0.1, 0.15) is 20.8 Å². The van der Waals surface area contributed by atoms with Crippen molar-refractivity contribution in [3.05, 3.63) is 0 Å². The second kappa shape index (κ2) is 3.91. The first-order valence-electron chi connectivity index (χ1n) is 3.52. The summed E-state index contributed by atoms with van der Waals surface area (Å²) in [7, 11) is -1.73. The molecule has 0 saturated heterocycles. The number of esters is 1. The lowest BCUT2D eigenvalue weighted by molar-refractivity contribution is -0.151. The second-order valence-electron chi connectivity index (χ2n) is 3.47. The third-order valence-electron chi connectivity index (χ3n) is 0.813. The smallest absolute Gasteiger partial charge is 0.313 e. The molecule has 0 aromatic carbocycles. The minimum Gasteiger partial charge on any atom is -0.460 e. The molecule has 3 nitrogen and oxygen atoms in total. The van der Waals surface area contributed by atoms with Gasteiger partial charge in [-0.2, -0.15) is 0 Å². The van der Waals surface area contributed by atoms with Crippen LogP contribution in [0.3, 0.4) is 0 Å². The zero-order valence-electron chi connectivity index (χ0n) is 7.43. The maximum Gasteiger partial charge on any atom is 0.313 e. The summed E-state index contributed by atoms with van der Waals surface area (Å²) < 4.78 is 15.6. The van der Waals surface area contributed by atoms with Gasteiger partial charge in [0.15, 0.2) is 0 Å². The number of hydrogen-bond donors (Lipinski definition) is 0. The topological polar surface area (TPSA) is 43.4 Å². The van der Waals surface area contributed by atoms with Crippen molar-refractivity contribution in [1.29, 1.82) is 0 Å². The summed E-state index contributed by atoms with van der Waals surface area (Å²) >= 11 is 0. The van der Waals surface area contributed by atoms with Crippen molar-refractivity contribution in [2.45, 2.75) is 26.4 Å². The summed E-state index contributed by atoms with van der Waals surface area (Å²) in [5.74, 6) is -0.371. The Morgan fingerprint density at radius 3 is 2.18 bits per heavy atom. The molecule has 0 radical (unpaired) electrons. The summed E-state index contributed by atoms with van der Waals surface area (Å²) in [6.45, 7) is 6.92. The number of carbonyl (C=O) groups is 1. The molecule has 0 aromatic rings. The normalized spacial score (nSPS) is 14.2. The van der Waals surface area contributed by atoms with Gasteiger partial charge in [0.05, 0.1) is 14.0 Å². The van der Waals surface area contributed by atoms with E-state index >= 15 is 0 Å². The second-order valence-corrected chi connectivity index (χ2v) is 5.22. The van der Waals surface area contributed by atoms with Gasteiger partial charge in [0.1, 0.15) is 5.60 Å². The molecule has 1 unspecified atom stereocenters. The molecule has 1 atom stereocenters. The highest BCUT2D eigenvalue weighted by atomic mass is 31.1. The molecule has 0 amide bonds. The van der Waals surface area contributed by atoms with E-state index in [1.54, 1.807) is 27.4 Å². The third-order valence-corrected chi connectivity index (χ3v) is 1.60. The van der Waals surface area contributed by atoms with Crippen molar-refractivity contribution in [3.8, 4) is 0 Å². The standard InChI is InChI=1S/C7H15O3P/c1-7(2,3)10-6(8)5-11(4)9/h11H,5H2,1-4H3. The predicted octanol–water partition coefficient (Wildman–Crippen LogP) is 1.52. The molecule has 0 heterocycles. The molecule has 0 rings (SSSR count). The minimum absolute atomic E-state index is 0.0575. The Kier molecular flexibility index (Phi) is 3.81. The molecule has 0 aliphatic carbocycles. The van der Waals surface area contributed by atoms with Crippen LogP contribution in [0.15, 0.2) is 0 Å². The monoisotopic (exact) mass is 178 g/mol. The predicted molar refractivity (Wildman–Crippen MR) is 45.6 cm³/mol. The SMILES string of the molecule is C[PH](=O)CC(=O)OC(C)(C)C. The van der Waals surface area contributed by atoms with Crippen LogP contribution >= 0.6 is 7.80 Å². The third kappa shape index (κ3) is 7.60. The van der Waals surface area contributed by atoms with Gasteiger partial charge in [0, 0.05) is 0 Å². The van der Waals surface area contributed by atoms with Gasteiger partial charge >= 0.3 is 5.97 Å². The molecule has 0 aliphatic heterocycles. The Hall–Kier alpha value is -0.300.